The van der Waals surface area contributed by atoms with Crippen molar-refractivity contribution in [1.29, 1.82) is 5.26 Å². The molecule has 36 heavy (non-hydrogen) atoms. The van der Waals surface area contributed by atoms with Crippen LogP contribution < -0.4 is 14.8 Å². The lowest BCUT2D eigenvalue weighted by Gasteiger charge is -2.37. The van der Waals surface area contributed by atoms with Gasteiger partial charge in [0.25, 0.3) is 5.91 Å². The first-order valence-electron chi connectivity index (χ1n) is 11.7. The topological polar surface area (TPSA) is 87.5 Å². The van der Waals surface area contributed by atoms with Crippen LogP contribution in [-0.2, 0) is 18.5 Å². The molecule has 9 heteroatoms. The summed E-state index contributed by atoms with van der Waals surface area (Å²) in [7, 11) is 3.26. The fourth-order valence-corrected chi connectivity index (χ4v) is 5.60. The van der Waals surface area contributed by atoms with Gasteiger partial charge >= 0.3 is 0 Å². The van der Waals surface area contributed by atoms with Gasteiger partial charge in [-0.2, -0.15) is 5.26 Å². The third-order valence-electron chi connectivity index (χ3n) is 6.79. The summed E-state index contributed by atoms with van der Waals surface area (Å²) in [6.45, 7) is 4.46. The fraction of sp³-hybridized carbons (Fsp3) is 0.370. The second-order valence-corrected chi connectivity index (χ2v) is 10.2. The number of nitriles is 1. The number of piperidine rings is 1. The van der Waals surface area contributed by atoms with Crippen LogP contribution in [-0.4, -0.2) is 43.1 Å². The summed E-state index contributed by atoms with van der Waals surface area (Å²) < 4.78 is 10.8. The lowest BCUT2D eigenvalue weighted by Crippen LogP contribution is -2.42. The molecule has 1 aromatic heterocycles. The largest absolute Gasteiger partial charge is 0.493 e. The van der Waals surface area contributed by atoms with Gasteiger partial charge in [0, 0.05) is 35.1 Å². The van der Waals surface area contributed by atoms with Crippen LogP contribution in [0.2, 0.25) is 5.02 Å². The van der Waals surface area contributed by atoms with Crippen molar-refractivity contribution in [2.75, 3.05) is 27.3 Å². The van der Waals surface area contributed by atoms with Crippen molar-refractivity contribution in [2.45, 2.75) is 38.3 Å². The van der Waals surface area contributed by atoms with Crippen LogP contribution in [0, 0.1) is 18.3 Å². The zero-order chi connectivity index (χ0) is 25.7. The average Bonchev–Trinajstić information content (AvgIpc) is 3.38. The molecular formula is C27H29ClN4O3S. The maximum atomic E-state index is 12.8. The predicted molar refractivity (Wildman–Crippen MR) is 141 cm³/mol. The van der Waals surface area contributed by atoms with E-state index >= 15 is 0 Å². The summed E-state index contributed by atoms with van der Waals surface area (Å²) in [4.78, 5) is 20.6. The van der Waals surface area contributed by atoms with Gasteiger partial charge in [-0.1, -0.05) is 23.7 Å². The summed E-state index contributed by atoms with van der Waals surface area (Å²) in [5.41, 5.74) is 4.30. The fourth-order valence-electron chi connectivity index (χ4n) is 4.63. The number of thiazole rings is 1. The highest BCUT2D eigenvalue weighted by atomic mass is 35.5. The number of likely N-dealkylation sites (tertiary alicyclic amines) is 1. The number of nitrogens with zero attached hydrogens (tertiary/aromatic N) is 3. The lowest BCUT2D eigenvalue weighted by atomic mass is 9.76. The van der Waals surface area contributed by atoms with E-state index in [9.17, 15) is 10.1 Å². The van der Waals surface area contributed by atoms with Crippen LogP contribution in [0.3, 0.4) is 0 Å². The molecule has 0 spiro atoms. The number of benzene rings is 2. The molecule has 0 aliphatic carbocycles. The van der Waals surface area contributed by atoms with Crippen molar-refractivity contribution < 1.29 is 14.3 Å². The number of nitrogens with one attached hydrogen (secondary N) is 1. The van der Waals surface area contributed by atoms with Gasteiger partial charge in [-0.05, 0) is 55.2 Å². The Morgan fingerprint density at radius 1 is 1.22 bits per heavy atom. The quantitative estimate of drug-likeness (QED) is 0.440. The van der Waals surface area contributed by atoms with Crippen molar-refractivity contribution in [2.24, 2.45) is 0 Å². The van der Waals surface area contributed by atoms with Crippen molar-refractivity contribution in [3.63, 3.8) is 0 Å². The van der Waals surface area contributed by atoms with E-state index in [1.165, 1.54) is 11.3 Å². The van der Waals surface area contributed by atoms with Gasteiger partial charge in [0.15, 0.2) is 11.5 Å². The minimum absolute atomic E-state index is 0.190. The lowest BCUT2D eigenvalue weighted by molar-refractivity contribution is 0.0950. The zero-order valence-corrected chi connectivity index (χ0v) is 22.2. The number of hydrogen-bond acceptors (Lipinski definition) is 7. The Morgan fingerprint density at radius 3 is 2.67 bits per heavy atom. The summed E-state index contributed by atoms with van der Waals surface area (Å²) in [5.74, 6) is 1.22. The first kappa shape index (κ1) is 26.0. The molecule has 0 unspecified atom stereocenters. The third kappa shape index (κ3) is 5.34. The molecule has 2 heterocycles. The number of carbonyl (C=O) groups excluding carboxylic acids is 1. The highest BCUT2D eigenvalue weighted by Crippen LogP contribution is 2.38. The molecule has 1 aliphatic rings. The first-order chi connectivity index (χ1) is 17.4. The highest BCUT2D eigenvalue weighted by Gasteiger charge is 2.40. The number of methoxy groups -OCH3 is 2. The summed E-state index contributed by atoms with van der Waals surface area (Å²) in [6, 6.07) is 13.8. The molecule has 3 aromatic rings. The maximum absolute atomic E-state index is 12.8. The van der Waals surface area contributed by atoms with E-state index in [0.717, 1.165) is 41.3 Å². The number of carbonyl (C=O) groups is 1. The standard InChI is InChI=1S/C27H29ClN4O3S/c1-18-20(5-4-6-21(18)28)26(33)30-14-24-25(31-17-36-24)27(16-29)9-11-32(12-10-27)15-19-7-8-22(34-2)23(13-19)35-3/h4-8,13,17H,9-12,14-15H2,1-3H3,(H,30,33). The Hall–Kier alpha value is -3.12. The highest BCUT2D eigenvalue weighted by molar-refractivity contribution is 7.09. The molecule has 1 N–H and O–H groups in total. The molecule has 2 aromatic carbocycles. The summed E-state index contributed by atoms with van der Waals surface area (Å²) >= 11 is 7.64. The normalized spacial score (nSPS) is 15.2. The number of hydrogen-bond donors (Lipinski definition) is 1. The van der Waals surface area contributed by atoms with Gasteiger partial charge in [-0.25, -0.2) is 4.98 Å². The van der Waals surface area contributed by atoms with Gasteiger partial charge in [0.05, 0.1) is 38.0 Å². The number of aromatic nitrogens is 1. The minimum atomic E-state index is -0.667. The van der Waals surface area contributed by atoms with Crippen LogP contribution in [0.15, 0.2) is 41.9 Å². The second kappa shape index (κ2) is 11.3. The predicted octanol–water partition coefficient (Wildman–Crippen LogP) is 5.11. The molecule has 0 radical (unpaired) electrons. The second-order valence-electron chi connectivity index (χ2n) is 8.88. The van der Waals surface area contributed by atoms with E-state index in [1.54, 1.807) is 37.9 Å². The van der Waals surface area contributed by atoms with E-state index in [0.29, 0.717) is 41.5 Å². The van der Waals surface area contributed by atoms with Crippen molar-refractivity contribution >= 4 is 28.8 Å². The Labute approximate surface area is 220 Å². The molecule has 4 rings (SSSR count). The summed E-state index contributed by atoms with van der Waals surface area (Å²) in [6.07, 6.45) is 1.35. The van der Waals surface area contributed by atoms with Gasteiger partial charge in [-0.3, -0.25) is 9.69 Å². The van der Waals surface area contributed by atoms with Crippen molar-refractivity contribution in [3.05, 3.63) is 74.2 Å². The Kier molecular flexibility index (Phi) is 8.14. The number of ether oxygens (including phenoxy) is 2. The molecular weight excluding hydrogens is 496 g/mol. The smallest absolute Gasteiger partial charge is 0.251 e. The average molecular weight is 525 g/mol. The van der Waals surface area contributed by atoms with Crippen LogP contribution in [0.5, 0.6) is 11.5 Å². The van der Waals surface area contributed by atoms with E-state index in [4.69, 9.17) is 21.1 Å². The summed E-state index contributed by atoms with van der Waals surface area (Å²) in [5, 5.41) is 13.8. The number of rotatable bonds is 8. The van der Waals surface area contributed by atoms with Crippen LogP contribution in [0.4, 0.5) is 0 Å². The van der Waals surface area contributed by atoms with Crippen molar-refractivity contribution in [1.82, 2.24) is 15.2 Å². The van der Waals surface area contributed by atoms with E-state index in [2.05, 4.69) is 21.3 Å². The molecule has 0 atom stereocenters. The Balaban J connectivity index is 1.42. The molecule has 1 amide bonds. The Morgan fingerprint density at radius 2 is 1.97 bits per heavy atom. The molecule has 188 valence electrons. The molecule has 1 fully saturated rings. The monoisotopic (exact) mass is 524 g/mol. The molecule has 7 nitrogen and oxygen atoms in total. The first-order valence-corrected chi connectivity index (χ1v) is 13.0. The van der Waals surface area contributed by atoms with Gasteiger partial charge in [-0.15, -0.1) is 11.3 Å². The van der Waals surface area contributed by atoms with Crippen LogP contribution in [0.1, 0.15) is 44.9 Å². The van der Waals surface area contributed by atoms with Gasteiger partial charge in [0.1, 0.15) is 5.41 Å². The van der Waals surface area contributed by atoms with Crippen LogP contribution in [0.25, 0.3) is 0 Å². The van der Waals surface area contributed by atoms with Crippen LogP contribution >= 0.6 is 22.9 Å². The number of halogens is 1. The minimum Gasteiger partial charge on any atom is -0.493 e. The van der Waals surface area contributed by atoms with E-state index in [-0.39, 0.29) is 5.91 Å². The number of amides is 1. The van der Waals surface area contributed by atoms with Gasteiger partial charge < -0.3 is 14.8 Å². The molecule has 1 saturated heterocycles. The van der Waals surface area contributed by atoms with E-state index < -0.39 is 5.41 Å². The van der Waals surface area contributed by atoms with Gasteiger partial charge in [0.2, 0.25) is 0 Å². The Bertz CT molecular complexity index is 1280. The molecule has 0 saturated carbocycles. The maximum Gasteiger partial charge on any atom is 0.251 e. The zero-order valence-electron chi connectivity index (χ0n) is 20.6. The third-order valence-corrected chi connectivity index (χ3v) is 8.04. The SMILES string of the molecule is COc1ccc(CN2CCC(C#N)(c3ncsc3CNC(=O)c3cccc(Cl)c3C)CC2)cc1OC. The van der Waals surface area contributed by atoms with Crippen molar-refractivity contribution in [3.8, 4) is 17.6 Å². The van der Waals surface area contributed by atoms with E-state index in [1.807, 2.05) is 25.1 Å². The molecule has 0 bridgehead atoms. The molecule has 1 aliphatic heterocycles.